The molecule has 5 nitrogen and oxygen atoms in total. The molecule has 3 rings (SSSR count). The summed E-state index contributed by atoms with van der Waals surface area (Å²) in [4.78, 5) is 24.3. The van der Waals surface area contributed by atoms with Gasteiger partial charge in [0, 0.05) is 16.8 Å². The van der Waals surface area contributed by atoms with Crippen molar-refractivity contribution in [2.24, 2.45) is 0 Å². The zero-order valence-electron chi connectivity index (χ0n) is 11.0. The number of ketones is 1. The second-order valence-electron chi connectivity index (χ2n) is 5.01. The van der Waals surface area contributed by atoms with Gasteiger partial charge in [0.05, 0.1) is 6.42 Å². The molecule has 0 bridgehead atoms. The van der Waals surface area contributed by atoms with Gasteiger partial charge in [0.1, 0.15) is 5.75 Å². The maximum absolute atomic E-state index is 12.3. The fraction of sp³-hybridized carbons (Fsp3) is 0.125. The van der Waals surface area contributed by atoms with E-state index in [1.54, 1.807) is 24.3 Å². The molecule has 106 valence electrons. The minimum atomic E-state index is -1.88. The topological polar surface area (TPSA) is 86.6 Å². The summed E-state index contributed by atoms with van der Waals surface area (Å²) < 4.78 is 0. The Labute approximate surface area is 120 Å². The number of para-hydroxylation sites is 1. The Hall–Kier alpha value is -2.66. The Bertz CT molecular complexity index is 741. The quantitative estimate of drug-likeness (QED) is 0.750. The van der Waals surface area contributed by atoms with Gasteiger partial charge in [-0.3, -0.25) is 9.59 Å². The van der Waals surface area contributed by atoms with Crippen molar-refractivity contribution in [1.29, 1.82) is 0 Å². The summed E-state index contributed by atoms with van der Waals surface area (Å²) >= 11 is 0. The van der Waals surface area contributed by atoms with Gasteiger partial charge in [-0.2, -0.15) is 0 Å². The van der Waals surface area contributed by atoms with Gasteiger partial charge in [0.15, 0.2) is 11.4 Å². The number of anilines is 1. The number of Topliss-reactive ketones (excluding diaryl/α,β-unsaturated/α-hetero) is 1. The molecule has 1 heterocycles. The average Bonchev–Trinajstić information content (AvgIpc) is 2.71. The monoisotopic (exact) mass is 283 g/mol. The summed E-state index contributed by atoms with van der Waals surface area (Å²) in [7, 11) is 0. The molecule has 0 fully saturated rings. The molecule has 0 aromatic heterocycles. The van der Waals surface area contributed by atoms with Crippen LogP contribution in [0.4, 0.5) is 5.69 Å². The van der Waals surface area contributed by atoms with Gasteiger partial charge < -0.3 is 15.5 Å². The third kappa shape index (κ3) is 2.17. The largest absolute Gasteiger partial charge is 0.508 e. The number of hydrogen-bond acceptors (Lipinski definition) is 4. The van der Waals surface area contributed by atoms with Crippen molar-refractivity contribution < 1.29 is 19.8 Å². The lowest BCUT2D eigenvalue weighted by atomic mass is 9.88. The van der Waals surface area contributed by atoms with Crippen LogP contribution in [0, 0.1) is 0 Å². The van der Waals surface area contributed by atoms with Crippen molar-refractivity contribution >= 4 is 17.4 Å². The maximum Gasteiger partial charge on any atom is 0.261 e. The number of hydrogen-bond donors (Lipinski definition) is 3. The number of carbonyl (C=O) groups is 2. The van der Waals surface area contributed by atoms with Crippen LogP contribution in [0.3, 0.4) is 0 Å². The molecule has 0 aliphatic carbocycles. The van der Waals surface area contributed by atoms with E-state index in [9.17, 15) is 19.8 Å². The van der Waals surface area contributed by atoms with E-state index < -0.39 is 17.3 Å². The van der Waals surface area contributed by atoms with Gasteiger partial charge in [0.2, 0.25) is 0 Å². The zero-order valence-corrected chi connectivity index (χ0v) is 11.0. The van der Waals surface area contributed by atoms with E-state index in [-0.39, 0.29) is 17.7 Å². The molecule has 0 saturated carbocycles. The van der Waals surface area contributed by atoms with Crippen LogP contribution in [-0.4, -0.2) is 21.9 Å². The van der Waals surface area contributed by atoms with Crippen LogP contribution in [0.2, 0.25) is 0 Å². The molecule has 2 aromatic carbocycles. The maximum atomic E-state index is 12.3. The Morgan fingerprint density at radius 1 is 1.14 bits per heavy atom. The number of fused-ring (bicyclic) bond motifs is 1. The Kier molecular flexibility index (Phi) is 2.99. The van der Waals surface area contributed by atoms with E-state index in [1.165, 1.54) is 24.3 Å². The Balaban J connectivity index is 1.94. The zero-order chi connectivity index (χ0) is 15.0. The molecule has 1 aliphatic heterocycles. The first kappa shape index (κ1) is 13.3. The van der Waals surface area contributed by atoms with Crippen LogP contribution >= 0.6 is 0 Å². The summed E-state index contributed by atoms with van der Waals surface area (Å²) in [5.41, 5.74) is -0.725. The van der Waals surface area contributed by atoms with Gasteiger partial charge in [-0.25, -0.2) is 0 Å². The van der Waals surface area contributed by atoms with Crippen LogP contribution in [-0.2, 0) is 10.4 Å². The highest BCUT2D eigenvalue weighted by Gasteiger charge is 2.46. The third-order valence-electron chi connectivity index (χ3n) is 3.58. The van der Waals surface area contributed by atoms with Crippen LogP contribution in [0.1, 0.15) is 22.3 Å². The smallest absolute Gasteiger partial charge is 0.261 e. The van der Waals surface area contributed by atoms with Gasteiger partial charge >= 0.3 is 0 Å². The SMILES string of the molecule is O=C(CC1(O)C(=O)Nc2ccccc21)c1cccc(O)c1. The van der Waals surface area contributed by atoms with Gasteiger partial charge in [-0.05, 0) is 18.2 Å². The number of aromatic hydroxyl groups is 1. The fourth-order valence-corrected chi connectivity index (χ4v) is 2.49. The summed E-state index contributed by atoms with van der Waals surface area (Å²) in [6.45, 7) is 0. The minimum absolute atomic E-state index is 0.0379. The normalized spacial score (nSPS) is 20.0. The van der Waals surface area contributed by atoms with Crippen molar-refractivity contribution in [2.75, 3.05) is 5.32 Å². The van der Waals surface area contributed by atoms with E-state index in [1.807, 2.05) is 0 Å². The van der Waals surface area contributed by atoms with E-state index >= 15 is 0 Å². The summed E-state index contributed by atoms with van der Waals surface area (Å²) in [6, 6.07) is 12.5. The van der Waals surface area contributed by atoms with E-state index in [0.717, 1.165) is 0 Å². The van der Waals surface area contributed by atoms with E-state index in [4.69, 9.17) is 0 Å². The van der Waals surface area contributed by atoms with E-state index in [2.05, 4.69) is 5.32 Å². The molecule has 3 N–H and O–H groups in total. The first-order valence-electron chi connectivity index (χ1n) is 6.46. The first-order valence-corrected chi connectivity index (χ1v) is 6.46. The highest BCUT2D eigenvalue weighted by molar-refractivity contribution is 6.09. The summed E-state index contributed by atoms with van der Waals surface area (Å²) in [6.07, 6.45) is -0.376. The molecule has 2 aromatic rings. The number of carbonyl (C=O) groups excluding carboxylic acids is 2. The van der Waals surface area contributed by atoms with E-state index in [0.29, 0.717) is 11.3 Å². The Morgan fingerprint density at radius 3 is 2.67 bits per heavy atom. The molecule has 0 saturated heterocycles. The second-order valence-corrected chi connectivity index (χ2v) is 5.01. The minimum Gasteiger partial charge on any atom is -0.508 e. The number of aliphatic hydroxyl groups is 1. The molecular weight excluding hydrogens is 270 g/mol. The fourth-order valence-electron chi connectivity index (χ4n) is 2.49. The van der Waals surface area contributed by atoms with Crippen molar-refractivity contribution in [3.05, 3.63) is 59.7 Å². The number of phenolic OH excluding ortho intramolecular Hbond substituents is 1. The Morgan fingerprint density at radius 2 is 1.90 bits per heavy atom. The summed E-state index contributed by atoms with van der Waals surface area (Å²) in [5, 5.41) is 22.6. The third-order valence-corrected chi connectivity index (χ3v) is 3.58. The van der Waals surface area contributed by atoms with Gasteiger partial charge in [-0.15, -0.1) is 0 Å². The number of rotatable bonds is 3. The molecule has 0 radical (unpaired) electrons. The average molecular weight is 283 g/mol. The number of amides is 1. The van der Waals surface area contributed by atoms with Crippen molar-refractivity contribution in [3.63, 3.8) is 0 Å². The number of phenols is 1. The second kappa shape index (κ2) is 4.71. The predicted octanol–water partition coefficient (Wildman–Crippen LogP) is 1.80. The molecule has 1 unspecified atom stereocenters. The molecule has 5 heteroatoms. The molecule has 0 spiro atoms. The number of nitrogens with one attached hydrogen (secondary N) is 1. The molecule has 21 heavy (non-hydrogen) atoms. The van der Waals surface area contributed by atoms with Crippen LogP contribution in [0.5, 0.6) is 5.75 Å². The lowest BCUT2D eigenvalue weighted by Gasteiger charge is -2.19. The standard InChI is InChI=1S/C16H13NO4/c18-11-5-3-4-10(8-11)14(19)9-16(21)12-6-1-2-7-13(12)17-15(16)20/h1-8,18,21H,9H2,(H,17,20). The molecular formula is C16H13NO4. The van der Waals surface area contributed by atoms with Crippen LogP contribution < -0.4 is 5.32 Å². The van der Waals surface area contributed by atoms with Crippen molar-refractivity contribution in [3.8, 4) is 5.75 Å². The first-order chi connectivity index (χ1) is 10.0. The lowest BCUT2D eigenvalue weighted by Crippen LogP contribution is -2.36. The molecule has 1 atom stereocenters. The van der Waals surface area contributed by atoms with Gasteiger partial charge in [0.25, 0.3) is 5.91 Å². The highest BCUT2D eigenvalue weighted by atomic mass is 16.3. The summed E-state index contributed by atoms with van der Waals surface area (Å²) in [5.74, 6) is -1.07. The van der Waals surface area contributed by atoms with Crippen molar-refractivity contribution in [1.82, 2.24) is 0 Å². The molecule has 1 aliphatic rings. The highest BCUT2D eigenvalue weighted by Crippen LogP contribution is 2.38. The van der Waals surface area contributed by atoms with Crippen molar-refractivity contribution in [2.45, 2.75) is 12.0 Å². The molecule has 1 amide bonds. The number of benzene rings is 2. The van der Waals surface area contributed by atoms with Crippen LogP contribution in [0.15, 0.2) is 48.5 Å². The lowest BCUT2D eigenvalue weighted by molar-refractivity contribution is -0.133. The van der Waals surface area contributed by atoms with Crippen LogP contribution in [0.25, 0.3) is 0 Å². The van der Waals surface area contributed by atoms with Gasteiger partial charge in [-0.1, -0.05) is 30.3 Å². The predicted molar refractivity (Wildman–Crippen MR) is 76.0 cm³/mol.